The van der Waals surface area contributed by atoms with Gasteiger partial charge in [-0.25, -0.2) is 0 Å². The van der Waals surface area contributed by atoms with E-state index in [-0.39, 0.29) is 11.0 Å². The number of rotatable bonds is 5. The molecule has 1 heterocycles. The van der Waals surface area contributed by atoms with Crippen LogP contribution >= 0.6 is 23.1 Å². The number of nitrogens with one attached hydrogen (secondary N) is 1. The van der Waals surface area contributed by atoms with Gasteiger partial charge in [-0.2, -0.15) is 0 Å². The lowest BCUT2D eigenvalue weighted by Gasteiger charge is -2.13. The molecule has 1 aromatic rings. The zero-order chi connectivity index (χ0) is 16.3. The van der Waals surface area contributed by atoms with E-state index in [9.17, 15) is 14.4 Å². The maximum absolute atomic E-state index is 12.3. The van der Waals surface area contributed by atoms with Crippen LogP contribution in [0.2, 0.25) is 0 Å². The van der Waals surface area contributed by atoms with Crippen molar-refractivity contribution in [3.05, 3.63) is 16.0 Å². The molecule has 0 radical (unpaired) electrons. The Morgan fingerprint density at radius 1 is 1.32 bits per heavy atom. The predicted octanol–water partition coefficient (Wildman–Crippen LogP) is 2.72. The van der Waals surface area contributed by atoms with Gasteiger partial charge in [-0.15, -0.1) is 11.3 Å². The Kier molecular flexibility index (Phi) is 5.63. The summed E-state index contributed by atoms with van der Waals surface area (Å²) in [4.78, 5) is 36.5. The van der Waals surface area contributed by atoms with Gasteiger partial charge < -0.3 is 11.1 Å². The lowest BCUT2D eigenvalue weighted by Crippen LogP contribution is -2.26. The number of primary amides is 1. The summed E-state index contributed by atoms with van der Waals surface area (Å²) in [5.74, 6) is -0.745. The standard InChI is InChI=1S/C15H20N2O3S2/c1-3-10(21-8(2)18)14(20)17-15-12(13(16)19)9-6-4-5-7-11(9)22-15/h10H,3-7H2,1-2H3,(H2,16,19)(H,17,20). The first-order chi connectivity index (χ1) is 10.4. The minimum Gasteiger partial charge on any atom is -0.365 e. The molecule has 1 aromatic heterocycles. The van der Waals surface area contributed by atoms with Crippen LogP contribution < -0.4 is 11.1 Å². The topological polar surface area (TPSA) is 89.3 Å². The zero-order valence-electron chi connectivity index (χ0n) is 12.7. The van der Waals surface area contributed by atoms with E-state index < -0.39 is 11.2 Å². The smallest absolute Gasteiger partial charge is 0.251 e. The molecule has 22 heavy (non-hydrogen) atoms. The predicted molar refractivity (Wildman–Crippen MR) is 90.5 cm³/mol. The summed E-state index contributed by atoms with van der Waals surface area (Å²) in [6.07, 6.45) is 4.44. The Balaban J connectivity index is 2.25. The van der Waals surface area contributed by atoms with Gasteiger partial charge >= 0.3 is 0 Å². The van der Waals surface area contributed by atoms with Crippen molar-refractivity contribution in [1.82, 2.24) is 0 Å². The van der Waals surface area contributed by atoms with Gasteiger partial charge in [0.2, 0.25) is 5.91 Å². The Morgan fingerprint density at radius 2 is 2.00 bits per heavy atom. The Morgan fingerprint density at radius 3 is 2.59 bits per heavy atom. The second kappa shape index (κ2) is 7.28. The van der Waals surface area contributed by atoms with Gasteiger partial charge in [0.15, 0.2) is 5.12 Å². The second-order valence-electron chi connectivity index (χ2n) is 5.27. The number of fused-ring (bicyclic) bond motifs is 1. The zero-order valence-corrected chi connectivity index (χ0v) is 14.4. The number of nitrogens with two attached hydrogens (primary N) is 1. The van der Waals surface area contributed by atoms with Gasteiger partial charge in [0.05, 0.1) is 10.8 Å². The van der Waals surface area contributed by atoms with Crippen LogP contribution in [0.5, 0.6) is 0 Å². The number of thiophene rings is 1. The molecule has 0 saturated carbocycles. The van der Waals surface area contributed by atoms with Crippen LogP contribution in [-0.4, -0.2) is 22.2 Å². The molecule has 1 aliphatic carbocycles. The quantitative estimate of drug-likeness (QED) is 0.862. The highest BCUT2D eigenvalue weighted by atomic mass is 32.2. The summed E-state index contributed by atoms with van der Waals surface area (Å²) < 4.78 is 0. The SMILES string of the molecule is CCC(SC(C)=O)C(=O)Nc1sc2c(c1C(N)=O)CCCC2. The Bertz CT molecular complexity index is 610. The minimum atomic E-state index is -0.498. The number of carbonyl (C=O) groups is 3. The normalized spacial score (nSPS) is 15.0. The summed E-state index contributed by atoms with van der Waals surface area (Å²) in [5, 5.41) is 2.80. The van der Waals surface area contributed by atoms with Crippen molar-refractivity contribution in [1.29, 1.82) is 0 Å². The third kappa shape index (κ3) is 3.70. The van der Waals surface area contributed by atoms with Crippen LogP contribution in [-0.2, 0) is 22.4 Å². The molecule has 1 unspecified atom stereocenters. The van der Waals surface area contributed by atoms with Gasteiger partial charge in [-0.3, -0.25) is 14.4 Å². The maximum atomic E-state index is 12.3. The van der Waals surface area contributed by atoms with Crippen molar-refractivity contribution in [2.24, 2.45) is 5.73 Å². The van der Waals surface area contributed by atoms with Gasteiger partial charge in [0.25, 0.3) is 5.91 Å². The number of thioether (sulfide) groups is 1. The molecule has 2 rings (SSSR count). The van der Waals surface area contributed by atoms with Crippen LogP contribution in [0.25, 0.3) is 0 Å². The van der Waals surface area contributed by atoms with E-state index in [4.69, 9.17) is 5.73 Å². The lowest BCUT2D eigenvalue weighted by molar-refractivity contribution is -0.116. The molecule has 1 atom stereocenters. The Hall–Kier alpha value is -1.34. The minimum absolute atomic E-state index is 0.0948. The van der Waals surface area contributed by atoms with Gasteiger partial charge in [-0.1, -0.05) is 18.7 Å². The number of carbonyl (C=O) groups excluding carboxylic acids is 3. The first-order valence-corrected chi connectivity index (χ1v) is 9.06. The van der Waals surface area contributed by atoms with E-state index in [1.54, 1.807) is 0 Å². The fourth-order valence-electron chi connectivity index (χ4n) is 2.63. The molecular formula is C15H20N2O3S2. The van der Waals surface area contributed by atoms with Gasteiger partial charge in [-0.05, 0) is 37.7 Å². The molecule has 0 aromatic carbocycles. The molecular weight excluding hydrogens is 320 g/mol. The number of aryl methyl sites for hydroxylation is 1. The van der Waals surface area contributed by atoms with Crippen molar-refractivity contribution in [2.45, 2.75) is 51.2 Å². The first kappa shape index (κ1) is 17.0. The van der Waals surface area contributed by atoms with Crippen LogP contribution in [0.3, 0.4) is 0 Å². The van der Waals surface area contributed by atoms with Crippen LogP contribution in [0.1, 0.15) is 53.9 Å². The number of hydrogen-bond acceptors (Lipinski definition) is 5. The number of amides is 2. The summed E-state index contributed by atoms with van der Waals surface area (Å²) in [5.41, 5.74) is 6.95. The van der Waals surface area contributed by atoms with Crippen molar-refractivity contribution in [2.75, 3.05) is 5.32 Å². The number of hydrogen-bond donors (Lipinski definition) is 2. The third-order valence-corrected chi connectivity index (χ3v) is 6.00. The lowest BCUT2D eigenvalue weighted by atomic mass is 9.95. The summed E-state index contributed by atoms with van der Waals surface area (Å²) >= 11 is 2.45. The third-order valence-electron chi connectivity index (χ3n) is 3.63. The van der Waals surface area contributed by atoms with Crippen molar-refractivity contribution in [3.63, 3.8) is 0 Å². The summed E-state index contributed by atoms with van der Waals surface area (Å²) in [6, 6.07) is 0. The maximum Gasteiger partial charge on any atom is 0.251 e. The van der Waals surface area contributed by atoms with Crippen molar-refractivity contribution < 1.29 is 14.4 Å². The highest BCUT2D eigenvalue weighted by Gasteiger charge is 2.27. The van der Waals surface area contributed by atoms with Crippen LogP contribution in [0.15, 0.2) is 0 Å². The first-order valence-electron chi connectivity index (χ1n) is 7.36. The second-order valence-corrected chi connectivity index (χ2v) is 7.76. The molecule has 0 saturated heterocycles. The monoisotopic (exact) mass is 340 g/mol. The van der Waals surface area contributed by atoms with E-state index in [2.05, 4.69) is 5.32 Å². The van der Waals surface area contributed by atoms with E-state index in [1.165, 1.54) is 18.3 Å². The molecule has 3 N–H and O–H groups in total. The molecule has 0 bridgehead atoms. The van der Waals surface area contributed by atoms with E-state index in [0.717, 1.165) is 47.9 Å². The average Bonchev–Trinajstić information content (AvgIpc) is 2.82. The van der Waals surface area contributed by atoms with Gasteiger partial charge in [0.1, 0.15) is 5.00 Å². The number of anilines is 1. The molecule has 1 aliphatic rings. The van der Waals surface area contributed by atoms with E-state index >= 15 is 0 Å². The summed E-state index contributed by atoms with van der Waals surface area (Å²) in [7, 11) is 0. The molecule has 2 amide bonds. The van der Waals surface area contributed by atoms with E-state index in [1.807, 2.05) is 6.92 Å². The molecule has 0 spiro atoms. The molecule has 0 fully saturated rings. The molecule has 0 aliphatic heterocycles. The van der Waals surface area contributed by atoms with Crippen LogP contribution in [0, 0.1) is 0 Å². The van der Waals surface area contributed by atoms with Crippen molar-refractivity contribution in [3.8, 4) is 0 Å². The fraction of sp³-hybridized carbons (Fsp3) is 0.533. The summed E-state index contributed by atoms with van der Waals surface area (Å²) in [6.45, 7) is 3.30. The largest absolute Gasteiger partial charge is 0.365 e. The van der Waals surface area contributed by atoms with E-state index in [0.29, 0.717) is 17.0 Å². The molecule has 120 valence electrons. The molecule has 5 nitrogen and oxygen atoms in total. The fourth-order valence-corrected chi connectivity index (χ4v) is 4.66. The van der Waals surface area contributed by atoms with Crippen molar-refractivity contribution >= 4 is 45.0 Å². The Labute approximate surface area is 138 Å². The highest BCUT2D eigenvalue weighted by Crippen LogP contribution is 2.38. The highest BCUT2D eigenvalue weighted by molar-refractivity contribution is 8.14. The molecule has 7 heteroatoms. The average molecular weight is 340 g/mol. The van der Waals surface area contributed by atoms with Crippen LogP contribution in [0.4, 0.5) is 5.00 Å². The van der Waals surface area contributed by atoms with Gasteiger partial charge in [0, 0.05) is 11.8 Å².